The predicted molar refractivity (Wildman–Crippen MR) is 91.0 cm³/mol. The van der Waals surface area contributed by atoms with E-state index in [2.05, 4.69) is 32.5 Å². The maximum atomic E-state index is 12.1. The van der Waals surface area contributed by atoms with Crippen LogP contribution in [0.4, 0.5) is 0 Å². The van der Waals surface area contributed by atoms with Crippen LogP contribution in [0.3, 0.4) is 0 Å². The molecule has 0 saturated heterocycles. The smallest absolute Gasteiger partial charge is 0.242 e. The van der Waals surface area contributed by atoms with Gasteiger partial charge in [-0.3, -0.25) is 0 Å². The Bertz CT molecular complexity index is 904. The minimum Gasteiger partial charge on any atom is -0.347 e. The molecule has 0 radical (unpaired) electrons. The van der Waals surface area contributed by atoms with Gasteiger partial charge in [0.25, 0.3) is 0 Å². The van der Waals surface area contributed by atoms with E-state index in [1.54, 1.807) is 0 Å². The van der Waals surface area contributed by atoms with Crippen LogP contribution in [-0.2, 0) is 16.6 Å². The molecule has 0 aliphatic heterocycles. The van der Waals surface area contributed by atoms with Gasteiger partial charge < -0.3 is 4.57 Å². The summed E-state index contributed by atoms with van der Waals surface area (Å²) in [6, 6.07) is 13.1. The Kier molecular flexibility index (Phi) is 4.66. The van der Waals surface area contributed by atoms with E-state index in [0.717, 1.165) is 12.1 Å². The first-order chi connectivity index (χ1) is 11.1. The average Bonchev–Trinajstić information content (AvgIpc) is 2.95. The summed E-state index contributed by atoms with van der Waals surface area (Å²) in [5, 5.41) is 1.45. The second kappa shape index (κ2) is 6.70. The van der Waals surface area contributed by atoms with Crippen LogP contribution in [0.1, 0.15) is 6.42 Å². The van der Waals surface area contributed by atoms with Crippen molar-refractivity contribution in [2.24, 2.45) is 0 Å². The monoisotopic (exact) mass is 349 g/mol. The number of sulfonamides is 1. The number of aryl methyl sites for hydroxylation is 1. The van der Waals surface area contributed by atoms with E-state index in [1.807, 2.05) is 18.3 Å². The van der Waals surface area contributed by atoms with Gasteiger partial charge in [0.2, 0.25) is 10.0 Å². The van der Waals surface area contributed by atoms with Crippen LogP contribution in [0.15, 0.2) is 59.8 Å². The van der Waals surface area contributed by atoms with Crippen molar-refractivity contribution >= 4 is 32.5 Å². The summed E-state index contributed by atoms with van der Waals surface area (Å²) in [5.41, 5.74) is 1.15. The Labute approximate surface area is 140 Å². The summed E-state index contributed by atoms with van der Waals surface area (Å²) in [4.78, 5) is 3.91. The number of hydrogen-bond donors (Lipinski definition) is 1. The molecule has 5 nitrogen and oxygen atoms in total. The van der Waals surface area contributed by atoms with E-state index in [1.165, 1.54) is 23.7 Å². The topological polar surface area (TPSA) is 64.0 Å². The van der Waals surface area contributed by atoms with E-state index in [0.29, 0.717) is 13.0 Å². The van der Waals surface area contributed by atoms with Crippen molar-refractivity contribution in [1.29, 1.82) is 0 Å². The van der Waals surface area contributed by atoms with Gasteiger partial charge in [-0.15, -0.1) is 0 Å². The molecule has 3 aromatic rings. The van der Waals surface area contributed by atoms with Crippen LogP contribution < -0.4 is 4.72 Å². The fourth-order valence-corrected chi connectivity index (χ4v) is 3.53. The summed E-state index contributed by atoms with van der Waals surface area (Å²) in [5.74, 6) is 0. The summed E-state index contributed by atoms with van der Waals surface area (Å²) in [6.45, 7) is 1.10. The van der Waals surface area contributed by atoms with Crippen molar-refractivity contribution in [3.8, 4) is 0 Å². The van der Waals surface area contributed by atoms with Gasteiger partial charge in [0, 0.05) is 31.0 Å². The third-order valence-electron chi connectivity index (χ3n) is 3.56. The van der Waals surface area contributed by atoms with Crippen LogP contribution in [-0.4, -0.2) is 24.5 Å². The van der Waals surface area contributed by atoms with Crippen molar-refractivity contribution in [1.82, 2.24) is 14.3 Å². The summed E-state index contributed by atoms with van der Waals surface area (Å²) < 4.78 is 28.9. The molecule has 0 saturated carbocycles. The lowest BCUT2D eigenvalue weighted by atomic mass is 10.2. The van der Waals surface area contributed by atoms with Crippen molar-refractivity contribution < 1.29 is 8.42 Å². The zero-order chi connectivity index (χ0) is 16.3. The lowest BCUT2D eigenvalue weighted by molar-refractivity contribution is 0.571. The summed E-state index contributed by atoms with van der Waals surface area (Å²) in [7, 11) is -3.54. The van der Waals surface area contributed by atoms with Crippen LogP contribution in [0.5, 0.6) is 0 Å². The van der Waals surface area contributed by atoms with E-state index in [-0.39, 0.29) is 10.0 Å². The van der Waals surface area contributed by atoms with E-state index >= 15 is 0 Å². The highest BCUT2D eigenvalue weighted by Crippen LogP contribution is 2.15. The molecule has 0 atom stereocenters. The highest BCUT2D eigenvalue weighted by molar-refractivity contribution is 7.89. The number of fused-ring (bicyclic) bond motifs is 1. The molecule has 0 fully saturated rings. The molecule has 1 N–H and O–H groups in total. The first-order valence-electron chi connectivity index (χ1n) is 7.21. The molecule has 7 heteroatoms. The number of hydrogen-bond acceptors (Lipinski definition) is 3. The SMILES string of the molecule is O=S(=O)(NCCCn1ccc2ccccc21)c1ccc(Cl)nc1. The number of nitrogens with one attached hydrogen (secondary N) is 1. The Morgan fingerprint density at radius 2 is 1.96 bits per heavy atom. The van der Waals surface area contributed by atoms with Gasteiger partial charge in [0.05, 0.1) is 0 Å². The van der Waals surface area contributed by atoms with Gasteiger partial charge >= 0.3 is 0 Å². The maximum Gasteiger partial charge on any atom is 0.242 e. The van der Waals surface area contributed by atoms with Crippen LogP contribution in [0.25, 0.3) is 10.9 Å². The third kappa shape index (κ3) is 3.72. The molecule has 0 aliphatic rings. The first kappa shape index (κ1) is 16.0. The number of aromatic nitrogens is 2. The molecule has 0 amide bonds. The maximum absolute atomic E-state index is 12.1. The Morgan fingerprint density at radius 1 is 1.13 bits per heavy atom. The third-order valence-corrected chi connectivity index (χ3v) is 5.23. The number of rotatable bonds is 6. The van der Waals surface area contributed by atoms with Crippen LogP contribution >= 0.6 is 11.6 Å². The highest BCUT2D eigenvalue weighted by Gasteiger charge is 2.13. The summed E-state index contributed by atoms with van der Waals surface area (Å²) >= 11 is 5.66. The quantitative estimate of drug-likeness (QED) is 0.549. The normalized spacial score (nSPS) is 11.9. The second-order valence-electron chi connectivity index (χ2n) is 5.14. The highest BCUT2D eigenvalue weighted by atomic mass is 35.5. The molecule has 1 aromatic carbocycles. The Balaban J connectivity index is 1.58. The van der Waals surface area contributed by atoms with Crippen molar-refractivity contribution in [2.45, 2.75) is 17.9 Å². The average molecular weight is 350 g/mol. The number of para-hydroxylation sites is 1. The van der Waals surface area contributed by atoms with E-state index in [9.17, 15) is 8.42 Å². The van der Waals surface area contributed by atoms with Gasteiger partial charge in [-0.05, 0) is 36.1 Å². The number of nitrogens with zero attached hydrogens (tertiary/aromatic N) is 2. The molecule has 2 heterocycles. The number of halogens is 1. The van der Waals surface area contributed by atoms with Crippen LogP contribution in [0.2, 0.25) is 5.15 Å². The molecule has 23 heavy (non-hydrogen) atoms. The first-order valence-corrected chi connectivity index (χ1v) is 9.07. The van der Waals surface area contributed by atoms with Gasteiger partial charge in [-0.25, -0.2) is 18.1 Å². The van der Waals surface area contributed by atoms with Gasteiger partial charge in [0.1, 0.15) is 10.0 Å². The minimum atomic E-state index is -3.54. The van der Waals surface area contributed by atoms with Crippen LogP contribution in [0, 0.1) is 0 Å². The molecule has 120 valence electrons. The lowest BCUT2D eigenvalue weighted by Crippen LogP contribution is -2.25. The van der Waals surface area contributed by atoms with E-state index in [4.69, 9.17) is 11.6 Å². The van der Waals surface area contributed by atoms with Gasteiger partial charge in [0.15, 0.2) is 0 Å². The molecule has 2 aromatic heterocycles. The minimum absolute atomic E-state index is 0.119. The van der Waals surface area contributed by atoms with Crippen molar-refractivity contribution in [3.05, 3.63) is 60.0 Å². The number of benzene rings is 1. The second-order valence-corrected chi connectivity index (χ2v) is 7.29. The standard InChI is InChI=1S/C16H16ClN3O2S/c17-16-7-6-14(12-18-16)23(21,22)19-9-3-10-20-11-8-13-4-1-2-5-15(13)20/h1-2,4-8,11-12,19H,3,9-10H2. The fraction of sp³-hybridized carbons (Fsp3) is 0.188. The van der Waals surface area contributed by atoms with Crippen molar-refractivity contribution in [2.75, 3.05) is 6.54 Å². The van der Waals surface area contributed by atoms with Gasteiger partial charge in [-0.2, -0.15) is 0 Å². The zero-order valence-electron chi connectivity index (χ0n) is 12.3. The summed E-state index contributed by atoms with van der Waals surface area (Å²) in [6.07, 6.45) is 3.96. The molecule has 0 unspecified atom stereocenters. The van der Waals surface area contributed by atoms with E-state index < -0.39 is 10.0 Å². The fourth-order valence-electron chi connectivity index (χ4n) is 2.40. The molecular formula is C16H16ClN3O2S. The van der Waals surface area contributed by atoms with Gasteiger partial charge in [-0.1, -0.05) is 29.8 Å². The Hall–Kier alpha value is -1.89. The Morgan fingerprint density at radius 3 is 2.74 bits per heavy atom. The molecule has 3 rings (SSSR count). The lowest BCUT2D eigenvalue weighted by Gasteiger charge is -2.08. The largest absolute Gasteiger partial charge is 0.347 e. The molecule has 0 spiro atoms. The van der Waals surface area contributed by atoms with Crippen molar-refractivity contribution in [3.63, 3.8) is 0 Å². The predicted octanol–water partition coefficient (Wildman–Crippen LogP) is 3.06. The number of pyridine rings is 1. The zero-order valence-corrected chi connectivity index (χ0v) is 13.9. The molecular weight excluding hydrogens is 334 g/mol. The molecule has 0 aliphatic carbocycles. The molecule has 0 bridgehead atoms.